The maximum Gasteiger partial charge on any atom is 0.326 e. The highest BCUT2D eigenvalue weighted by Crippen LogP contribution is 2.38. The van der Waals surface area contributed by atoms with Crippen LogP contribution in [-0.2, 0) is 4.79 Å². The van der Waals surface area contributed by atoms with Crippen molar-refractivity contribution in [2.45, 2.75) is 25.8 Å². The van der Waals surface area contributed by atoms with Gasteiger partial charge in [-0.25, -0.2) is 9.78 Å². The largest absolute Gasteiger partial charge is 0.480 e. The Kier molecular flexibility index (Phi) is 3.49. The van der Waals surface area contributed by atoms with Gasteiger partial charge in [-0.15, -0.1) is 0 Å². The number of halogens is 1. The summed E-state index contributed by atoms with van der Waals surface area (Å²) in [6, 6.07) is 5.14. The van der Waals surface area contributed by atoms with Crippen LogP contribution in [0.15, 0.2) is 22.7 Å². The minimum Gasteiger partial charge on any atom is -0.480 e. The van der Waals surface area contributed by atoms with Crippen LogP contribution in [0.2, 0.25) is 0 Å². The van der Waals surface area contributed by atoms with Gasteiger partial charge in [-0.05, 0) is 41.8 Å². The second kappa shape index (κ2) is 5.18. The van der Waals surface area contributed by atoms with Gasteiger partial charge in [-0.3, -0.25) is 0 Å². The quantitative estimate of drug-likeness (QED) is 0.814. The summed E-state index contributed by atoms with van der Waals surface area (Å²) in [4.78, 5) is 17.9. The molecule has 6 heteroatoms. The zero-order chi connectivity index (χ0) is 15.1. The molecule has 2 aromatic rings. The number of anilines is 2. The first kappa shape index (κ1) is 14.1. The van der Waals surface area contributed by atoms with Gasteiger partial charge in [0, 0.05) is 27.5 Å². The number of hydrogen-bond donors (Lipinski definition) is 2. The number of carbonyl (C=O) groups is 1. The monoisotopic (exact) mass is 349 g/mol. The van der Waals surface area contributed by atoms with E-state index in [-0.39, 0.29) is 0 Å². The molecule has 3 N–H and O–H groups in total. The van der Waals surface area contributed by atoms with Crippen LogP contribution >= 0.6 is 15.9 Å². The highest BCUT2D eigenvalue weighted by Gasteiger charge is 2.32. The molecule has 1 aromatic heterocycles. The molecule has 0 bridgehead atoms. The minimum atomic E-state index is -0.799. The summed E-state index contributed by atoms with van der Waals surface area (Å²) in [5.74, 6) is -0.0881. The fourth-order valence-corrected chi connectivity index (χ4v) is 3.48. The molecule has 3 rings (SSSR count). The summed E-state index contributed by atoms with van der Waals surface area (Å²) < 4.78 is 0.866. The summed E-state index contributed by atoms with van der Waals surface area (Å²) in [5.41, 5.74) is 7.57. The fourth-order valence-electron chi connectivity index (χ4n) is 2.95. The maximum absolute atomic E-state index is 11.4. The Labute approximate surface area is 130 Å². The molecule has 110 valence electrons. The number of carboxylic acids is 1. The zero-order valence-corrected chi connectivity index (χ0v) is 13.2. The highest BCUT2D eigenvalue weighted by molar-refractivity contribution is 9.10. The SMILES string of the molecule is Cc1nc(N2CCCC2C(=O)O)c2cccc(N)c2c1Br. The molecular formula is C15H16BrN3O2. The molecule has 5 nitrogen and oxygen atoms in total. The molecule has 2 heterocycles. The number of aromatic nitrogens is 1. The molecule has 1 aliphatic heterocycles. The maximum atomic E-state index is 11.4. The predicted molar refractivity (Wildman–Crippen MR) is 86.6 cm³/mol. The molecule has 0 radical (unpaired) electrons. The number of rotatable bonds is 2. The van der Waals surface area contributed by atoms with Crippen molar-refractivity contribution in [2.24, 2.45) is 0 Å². The van der Waals surface area contributed by atoms with Gasteiger partial charge in [-0.2, -0.15) is 0 Å². The average Bonchev–Trinajstić information content (AvgIpc) is 2.92. The van der Waals surface area contributed by atoms with Crippen molar-refractivity contribution in [3.05, 3.63) is 28.4 Å². The number of hydrogen-bond acceptors (Lipinski definition) is 4. The average molecular weight is 350 g/mol. The van der Waals surface area contributed by atoms with E-state index in [0.717, 1.165) is 27.4 Å². The van der Waals surface area contributed by atoms with E-state index in [4.69, 9.17) is 5.73 Å². The van der Waals surface area contributed by atoms with E-state index >= 15 is 0 Å². The van der Waals surface area contributed by atoms with Crippen LogP contribution in [0, 0.1) is 6.92 Å². The first-order valence-corrected chi connectivity index (χ1v) is 7.63. The van der Waals surface area contributed by atoms with Crippen LogP contribution in [0.3, 0.4) is 0 Å². The number of benzene rings is 1. The number of fused-ring (bicyclic) bond motifs is 1. The van der Waals surface area contributed by atoms with Crippen LogP contribution in [0.1, 0.15) is 18.5 Å². The second-order valence-electron chi connectivity index (χ2n) is 5.29. The first-order chi connectivity index (χ1) is 10.0. The van der Waals surface area contributed by atoms with Crippen LogP contribution in [0.4, 0.5) is 11.5 Å². The van der Waals surface area contributed by atoms with Gasteiger partial charge in [0.1, 0.15) is 11.9 Å². The highest BCUT2D eigenvalue weighted by atomic mass is 79.9. The van der Waals surface area contributed by atoms with Crippen LogP contribution in [0.25, 0.3) is 10.8 Å². The molecule has 0 spiro atoms. The van der Waals surface area contributed by atoms with Gasteiger partial charge in [0.25, 0.3) is 0 Å². The van der Waals surface area contributed by atoms with Crippen molar-refractivity contribution in [3.8, 4) is 0 Å². The van der Waals surface area contributed by atoms with E-state index in [1.807, 2.05) is 30.0 Å². The predicted octanol–water partition coefficient (Wildman–Crippen LogP) is 2.94. The van der Waals surface area contributed by atoms with Crippen molar-refractivity contribution in [2.75, 3.05) is 17.2 Å². The molecule has 21 heavy (non-hydrogen) atoms. The van der Waals surface area contributed by atoms with E-state index in [0.29, 0.717) is 24.5 Å². The van der Waals surface area contributed by atoms with Gasteiger partial charge in [0.05, 0.1) is 5.69 Å². The van der Waals surface area contributed by atoms with Crippen LogP contribution in [0.5, 0.6) is 0 Å². The van der Waals surface area contributed by atoms with Crippen molar-refractivity contribution < 1.29 is 9.90 Å². The molecule has 1 aromatic carbocycles. The summed E-state index contributed by atoms with van der Waals surface area (Å²) >= 11 is 3.54. The topological polar surface area (TPSA) is 79.5 Å². The summed E-state index contributed by atoms with van der Waals surface area (Å²) in [6.07, 6.45) is 1.51. The van der Waals surface area contributed by atoms with Gasteiger partial charge in [0.2, 0.25) is 0 Å². The molecule has 1 saturated heterocycles. The van der Waals surface area contributed by atoms with Crippen molar-refractivity contribution in [3.63, 3.8) is 0 Å². The van der Waals surface area contributed by atoms with E-state index in [1.54, 1.807) is 0 Å². The third kappa shape index (κ3) is 2.23. The standard InChI is InChI=1S/C15H16BrN3O2/c1-8-13(16)12-9(4-2-5-10(12)17)14(18-8)19-7-3-6-11(19)15(20)21/h2,4-5,11H,3,6-7,17H2,1H3,(H,20,21). The van der Waals surface area contributed by atoms with E-state index < -0.39 is 12.0 Å². The van der Waals surface area contributed by atoms with Crippen LogP contribution in [-0.4, -0.2) is 28.6 Å². The lowest BCUT2D eigenvalue weighted by Gasteiger charge is -2.25. The Morgan fingerprint density at radius 1 is 1.52 bits per heavy atom. The minimum absolute atomic E-state index is 0.511. The first-order valence-electron chi connectivity index (χ1n) is 6.84. The lowest BCUT2D eigenvalue weighted by Crippen LogP contribution is -2.36. The Morgan fingerprint density at radius 2 is 2.29 bits per heavy atom. The number of nitrogens with zero attached hydrogens (tertiary/aromatic N) is 2. The third-order valence-corrected chi connectivity index (χ3v) is 4.93. The van der Waals surface area contributed by atoms with Crippen LogP contribution < -0.4 is 10.6 Å². The van der Waals surface area contributed by atoms with E-state index in [9.17, 15) is 9.90 Å². The fraction of sp³-hybridized carbons (Fsp3) is 0.333. The van der Waals surface area contributed by atoms with Crippen molar-refractivity contribution >= 4 is 44.2 Å². The Morgan fingerprint density at radius 3 is 3.00 bits per heavy atom. The summed E-state index contributed by atoms with van der Waals surface area (Å²) in [6.45, 7) is 2.60. The smallest absolute Gasteiger partial charge is 0.326 e. The molecule has 1 fully saturated rings. The zero-order valence-electron chi connectivity index (χ0n) is 11.6. The Balaban J connectivity index is 2.26. The molecule has 1 atom stereocenters. The number of aliphatic carboxylic acids is 1. The lowest BCUT2D eigenvalue weighted by molar-refractivity contribution is -0.138. The number of nitrogens with two attached hydrogens (primary N) is 1. The van der Waals surface area contributed by atoms with Gasteiger partial charge in [-0.1, -0.05) is 12.1 Å². The van der Waals surface area contributed by atoms with Gasteiger partial charge >= 0.3 is 5.97 Å². The third-order valence-electron chi connectivity index (χ3n) is 3.96. The normalized spacial score (nSPS) is 18.4. The van der Waals surface area contributed by atoms with Crippen molar-refractivity contribution in [1.29, 1.82) is 0 Å². The van der Waals surface area contributed by atoms with Gasteiger partial charge in [0.15, 0.2) is 0 Å². The molecule has 1 aliphatic rings. The lowest BCUT2D eigenvalue weighted by atomic mass is 10.1. The molecule has 0 amide bonds. The summed E-state index contributed by atoms with van der Waals surface area (Å²) in [5, 5.41) is 11.2. The Hall–Kier alpha value is -1.82. The number of carboxylic acid groups (broad SMARTS) is 1. The number of nitrogen functional groups attached to an aromatic ring is 1. The van der Waals surface area contributed by atoms with E-state index in [2.05, 4.69) is 20.9 Å². The summed E-state index contributed by atoms with van der Waals surface area (Å²) in [7, 11) is 0. The molecule has 0 aliphatic carbocycles. The number of pyridine rings is 1. The molecule has 1 unspecified atom stereocenters. The second-order valence-corrected chi connectivity index (χ2v) is 6.09. The van der Waals surface area contributed by atoms with Crippen molar-refractivity contribution in [1.82, 2.24) is 4.98 Å². The van der Waals surface area contributed by atoms with E-state index in [1.165, 1.54) is 0 Å². The Bertz CT molecular complexity index is 732. The molecular weight excluding hydrogens is 334 g/mol. The molecule has 0 saturated carbocycles. The van der Waals surface area contributed by atoms with Gasteiger partial charge < -0.3 is 15.7 Å². The number of aryl methyl sites for hydroxylation is 1.